The van der Waals surface area contributed by atoms with Crippen molar-refractivity contribution in [2.24, 2.45) is 0 Å². The van der Waals surface area contributed by atoms with Crippen molar-refractivity contribution in [3.8, 4) is 0 Å². The first-order valence-corrected chi connectivity index (χ1v) is 6.61. The van der Waals surface area contributed by atoms with E-state index >= 15 is 0 Å². The van der Waals surface area contributed by atoms with Crippen LogP contribution in [0.5, 0.6) is 0 Å². The molecular formula is C17H14O4. The van der Waals surface area contributed by atoms with E-state index in [-0.39, 0.29) is 11.3 Å². The number of hydrogen-bond acceptors (Lipinski definition) is 4. The molecule has 2 N–H and O–H groups in total. The van der Waals surface area contributed by atoms with Gasteiger partial charge in [0.25, 0.3) is 0 Å². The smallest absolute Gasteiger partial charge is 0.343 e. The lowest BCUT2D eigenvalue weighted by molar-refractivity contribution is -0.143. The summed E-state index contributed by atoms with van der Waals surface area (Å²) < 4.78 is 5.14. The maximum absolute atomic E-state index is 12.0. The summed E-state index contributed by atoms with van der Waals surface area (Å²) in [5.74, 6) is -0.860. The Morgan fingerprint density at radius 3 is 2.14 bits per heavy atom. The molecule has 106 valence electrons. The van der Waals surface area contributed by atoms with Gasteiger partial charge in [-0.25, -0.2) is 4.79 Å². The van der Waals surface area contributed by atoms with E-state index in [1.54, 1.807) is 48.5 Å². The van der Waals surface area contributed by atoms with Gasteiger partial charge < -0.3 is 14.9 Å². The molecule has 21 heavy (non-hydrogen) atoms. The van der Waals surface area contributed by atoms with Gasteiger partial charge in [0.2, 0.25) is 0 Å². The summed E-state index contributed by atoms with van der Waals surface area (Å²) in [5, 5.41) is 20.6. The molecule has 0 aliphatic carbocycles. The second-order valence-electron chi connectivity index (χ2n) is 4.81. The molecule has 0 aromatic heterocycles. The first-order valence-electron chi connectivity index (χ1n) is 6.61. The summed E-state index contributed by atoms with van der Waals surface area (Å²) in [5.41, 5.74) is 1.26. The quantitative estimate of drug-likeness (QED) is 0.849. The van der Waals surface area contributed by atoms with E-state index in [9.17, 15) is 15.0 Å². The van der Waals surface area contributed by atoms with Crippen LogP contribution in [-0.2, 0) is 9.53 Å². The van der Waals surface area contributed by atoms with Crippen LogP contribution in [0.1, 0.15) is 17.2 Å². The van der Waals surface area contributed by atoms with Crippen LogP contribution in [-0.4, -0.2) is 22.3 Å². The van der Waals surface area contributed by atoms with E-state index in [4.69, 9.17) is 4.74 Å². The van der Waals surface area contributed by atoms with Crippen molar-refractivity contribution in [2.45, 2.75) is 12.2 Å². The highest BCUT2D eigenvalue weighted by molar-refractivity contribution is 6.19. The van der Waals surface area contributed by atoms with Crippen LogP contribution in [0.2, 0.25) is 0 Å². The fourth-order valence-electron chi connectivity index (χ4n) is 2.39. The number of esters is 1. The number of carbonyl (C=O) groups is 1. The summed E-state index contributed by atoms with van der Waals surface area (Å²) in [4.78, 5) is 12.0. The monoisotopic (exact) mass is 282 g/mol. The number of hydrogen-bond donors (Lipinski definition) is 2. The minimum Gasteiger partial charge on any atom is -0.507 e. The summed E-state index contributed by atoms with van der Waals surface area (Å²) >= 11 is 0. The van der Waals surface area contributed by atoms with Crippen molar-refractivity contribution in [3.63, 3.8) is 0 Å². The van der Waals surface area contributed by atoms with Gasteiger partial charge in [0.15, 0.2) is 11.9 Å². The molecule has 0 amide bonds. The van der Waals surface area contributed by atoms with Crippen LogP contribution >= 0.6 is 0 Å². The van der Waals surface area contributed by atoms with Crippen LogP contribution in [0, 0.1) is 0 Å². The van der Waals surface area contributed by atoms with Gasteiger partial charge in [-0.2, -0.15) is 0 Å². The summed E-state index contributed by atoms with van der Waals surface area (Å²) in [6.07, 6.45) is -2.17. The van der Waals surface area contributed by atoms with Crippen LogP contribution in [0.3, 0.4) is 0 Å². The molecule has 2 atom stereocenters. The lowest BCUT2D eigenvalue weighted by Crippen LogP contribution is -2.21. The summed E-state index contributed by atoms with van der Waals surface area (Å²) in [7, 11) is 0. The minimum atomic E-state index is -1.10. The Bertz CT molecular complexity index is 676. The fraction of sp³-hybridized carbons (Fsp3) is 0.118. The highest BCUT2D eigenvalue weighted by Crippen LogP contribution is 2.35. The van der Waals surface area contributed by atoms with Gasteiger partial charge in [-0.3, -0.25) is 0 Å². The number of carbonyl (C=O) groups excluding carboxylic acids is 1. The molecule has 1 aliphatic rings. The molecule has 3 rings (SSSR count). The molecule has 0 radical (unpaired) electrons. The molecule has 2 aromatic carbocycles. The molecular weight excluding hydrogens is 268 g/mol. The molecule has 0 fully saturated rings. The third-order valence-electron chi connectivity index (χ3n) is 3.45. The van der Waals surface area contributed by atoms with Crippen molar-refractivity contribution < 1.29 is 19.7 Å². The lowest BCUT2D eigenvalue weighted by Gasteiger charge is -2.17. The average Bonchev–Trinajstić information content (AvgIpc) is 2.83. The topological polar surface area (TPSA) is 66.8 Å². The van der Waals surface area contributed by atoms with Crippen LogP contribution < -0.4 is 0 Å². The lowest BCUT2D eigenvalue weighted by atomic mass is 10.00. The molecule has 1 heterocycles. The first-order chi connectivity index (χ1) is 10.2. The van der Waals surface area contributed by atoms with Gasteiger partial charge >= 0.3 is 5.97 Å². The molecule has 0 spiro atoms. The Hall–Kier alpha value is -2.59. The SMILES string of the molecule is O=C1OC(C(O)c2ccccc2)C(O)=C1c1ccccc1. The van der Waals surface area contributed by atoms with E-state index in [2.05, 4.69) is 0 Å². The Kier molecular flexibility index (Phi) is 3.46. The van der Waals surface area contributed by atoms with Gasteiger partial charge in [-0.1, -0.05) is 60.7 Å². The minimum absolute atomic E-state index is 0.107. The predicted molar refractivity (Wildman–Crippen MR) is 77.3 cm³/mol. The molecule has 4 nitrogen and oxygen atoms in total. The standard InChI is InChI=1S/C17H14O4/c18-14(12-9-5-2-6-10-12)16-15(19)13(17(20)21-16)11-7-3-1-4-8-11/h1-10,14,16,18-19H. The predicted octanol–water partition coefficient (Wildman–Crippen LogP) is 2.61. The normalized spacial score (nSPS) is 19.5. The van der Waals surface area contributed by atoms with Crippen molar-refractivity contribution in [2.75, 3.05) is 0 Å². The largest absolute Gasteiger partial charge is 0.507 e. The maximum Gasteiger partial charge on any atom is 0.343 e. The Balaban J connectivity index is 1.96. The molecule has 2 unspecified atom stereocenters. The van der Waals surface area contributed by atoms with Crippen LogP contribution in [0.4, 0.5) is 0 Å². The van der Waals surface area contributed by atoms with Gasteiger partial charge in [0.1, 0.15) is 11.7 Å². The van der Waals surface area contributed by atoms with E-state index < -0.39 is 18.2 Å². The molecule has 0 bridgehead atoms. The zero-order chi connectivity index (χ0) is 14.8. The maximum atomic E-state index is 12.0. The number of cyclic esters (lactones) is 1. The first kappa shape index (κ1) is 13.4. The van der Waals surface area contributed by atoms with Crippen molar-refractivity contribution in [1.29, 1.82) is 0 Å². The third kappa shape index (κ3) is 2.41. The van der Waals surface area contributed by atoms with Gasteiger partial charge in [0, 0.05) is 0 Å². The van der Waals surface area contributed by atoms with Gasteiger partial charge in [-0.15, -0.1) is 0 Å². The number of aliphatic hydroxyl groups excluding tert-OH is 2. The van der Waals surface area contributed by atoms with Crippen LogP contribution in [0.25, 0.3) is 5.57 Å². The fourth-order valence-corrected chi connectivity index (χ4v) is 2.39. The molecule has 0 saturated heterocycles. The molecule has 2 aromatic rings. The van der Waals surface area contributed by atoms with Crippen molar-refractivity contribution in [1.82, 2.24) is 0 Å². The van der Waals surface area contributed by atoms with E-state index in [0.717, 1.165) is 0 Å². The highest BCUT2D eigenvalue weighted by Gasteiger charge is 2.39. The zero-order valence-corrected chi connectivity index (χ0v) is 11.1. The van der Waals surface area contributed by atoms with Crippen molar-refractivity contribution >= 4 is 11.5 Å². The third-order valence-corrected chi connectivity index (χ3v) is 3.45. The van der Waals surface area contributed by atoms with Gasteiger partial charge in [-0.05, 0) is 11.1 Å². The summed E-state index contributed by atoms with van der Waals surface area (Å²) in [6, 6.07) is 17.6. The number of aliphatic hydroxyl groups is 2. The molecule has 0 saturated carbocycles. The average molecular weight is 282 g/mol. The number of rotatable bonds is 3. The molecule has 4 heteroatoms. The zero-order valence-electron chi connectivity index (χ0n) is 11.1. The number of benzene rings is 2. The van der Waals surface area contributed by atoms with E-state index in [1.807, 2.05) is 12.1 Å². The Morgan fingerprint density at radius 1 is 0.952 bits per heavy atom. The second kappa shape index (κ2) is 5.42. The van der Waals surface area contributed by atoms with Crippen LogP contribution in [0.15, 0.2) is 66.4 Å². The van der Waals surface area contributed by atoms with E-state index in [0.29, 0.717) is 11.1 Å². The second-order valence-corrected chi connectivity index (χ2v) is 4.81. The van der Waals surface area contributed by atoms with Gasteiger partial charge in [0.05, 0.1) is 0 Å². The highest BCUT2D eigenvalue weighted by atomic mass is 16.6. The van der Waals surface area contributed by atoms with Crippen molar-refractivity contribution in [3.05, 3.63) is 77.5 Å². The van der Waals surface area contributed by atoms with E-state index in [1.165, 1.54) is 0 Å². The Morgan fingerprint density at radius 2 is 1.52 bits per heavy atom. The summed E-state index contributed by atoms with van der Waals surface area (Å²) in [6.45, 7) is 0. The number of ether oxygens (including phenoxy) is 1. The Labute approximate surface area is 121 Å². The molecule has 1 aliphatic heterocycles.